The van der Waals surface area contributed by atoms with Gasteiger partial charge in [0.05, 0.1) is 27.9 Å². The second kappa shape index (κ2) is 8.82. The number of hydrogen-bond acceptors (Lipinski definition) is 4. The van der Waals surface area contributed by atoms with Gasteiger partial charge in [-0.05, 0) is 73.4 Å². The largest absolute Gasteiger partial charge is 0.507 e. The van der Waals surface area contributed by atoms with E-state index in [2.05, 4.69) is 32.3 Å². The molecule has 0 spiro atoms. The van der Waals surface area contributed by atoms with Gasteiger partial charge in [-0.25, -0.2) is 4.79 Å². The summed E-state index contributed by atoms with van der Waals surface area (Å²) in [6, 6.07) is 14.0. The van der Waals surface area contributed by atoms with Gasteiger partial charge in [-0.1, -0.05) is 24.6 Å². The number of aromatic hydroxyl groups is 1. The molecule has 6 heteroatoms. The molecule has 30 heavy (non-hydrogen) atoms. The SMILES string of the molecule is CCOC(=O)c1c(CN2CCCCC2C)n(-c2ccccc2)c2cc(Br)c(O)cc12. The van der Waals surface area contributed by atoms with Crippen LogP contribution in [0.15, 0.2) is 46.9 Å². The van der Waals surface area contributed by atoms with Gasteiger partial charge in [0.2, 0.25) is 0 Å². The summed E-state index contributed by atoms with van der Waals surface area (Å²) in [6.45, 7) is 6.03. The predicted octanol–water partition coefficient (Wildman–Crippen LogP) is 5.65. The molecule has 0 amide bonds. The number of rotatable bonds is 5. The van der Waals surface area contributed by atoms with Crippen LogP contribution in [0.5, 0.6) is 5.75 Å². The van der Waals surface area contributed by atoms with Crippen LogP contribution < -0.4 is 0 Å². The van der Waals surface area contributed by atoms with Crippen molar-refractivity contribution >= 4 is 32.8 Å². The number of para-hydroxylation sites is 1. The molecule has 1 saturated heterocycles. The van der Waals surface area contributed by atoms with E-state index in [1.54, 1.807) is 6.07 Å². The number of carbonyl (C=O) groups is 1. The smallest absolute Gasteiger partial charge is 0.340 e. The minimum absolute atomic E-state index is 0.108. The number of hydrogen-bond donors (Lipinski definition) is 1. The Morgan fingerprint density at radius 2 is 2.00 bits per heavy atom. The fourth-order valence-corrected chi connectivity index (χ4v) is 4.72. The molecule has 158 valence electrons. The Morgan fingerprint density at radius 3 is 2.70 bits per heavy atom. The third-order valence-corrected chi connectivity index (χ3v) is 6.56. The van der Waals surface area contributed by atoms with Crippen LogP contribution in [-0.4, -0.2) is 39.7 Å². The Hall–Kier alpha value is -2.31. The molecule has 1 atom stereocenters. The van der Waals surface area contributed by atoms with Gasteiger partial charge in [0.15, 0.2) is 0 Å². The molecule has 5 nitrogen and oxygen atoms in total. The number of halogens is 1. The lowest BCUT2D eigenvalue weighted by Gasteiger charge is -2.33. The molecule has 1 aromatic heterocycles. The lowest BCUT2D eigenvalue weighted by molar-refractivity contribution is 0.0524. The quantitative estimate of drug-likeness (QED) is 0.489. The van der Waals surface area contributed by atoms with E-state index in [-0.39, 0.29) is 11.7 Å². The van der Waals surface area contributed by atoms with Crippen molar-refractivity contribution in [3.8, 4) is 11.4 Å². The Labute approximate surface area is 185 Å². The average molecular weight is 471 g/mol. The van der Waals surface area contributed by atoms with Crippen LogP contribution in [0.25, 0.3) is 16.6 Å². The lowest BCUT2D eigenvalue weighted by atomic mass is 10.0. The van der Waals surface area contributed by atoms with Crippen molar-refractivity contribution in [2.75, 3.05) is 13.2 Å². The number of ether oxygens (including phenoxy) is 1. The predicted molar refractivity (Wildman–Crippen MR) is 122 cm³/mol. The van der Waals surface area contributed by atoms with Gasteiger partial charge in [-0.2, -0.15) is 0 Å². The van der Waals surface area contributed by atoms with Crippen molar-refractivity contribution < 1.29 is 14.6 Å². The third kappa shape index (κ3) is 3.86. The highest BCUT2D eigenvalue weighted by Gasteiger charge is 2.28. The van der Waals surface area contributed by atoms with Crippen LogP contribution in [0.2, 0.25) is 0 Å². The molecule has 3 aromatic rings. The van der Waals surface area contributed by atoms with Crippen molar-refractivity contribution in [2.45, 2.75) is 45.7 Å². The molecule has 2 aromatic carbocycles. The maximum absolute atomic E-state index is 13.1. The second-order valence-electron chi connectivity index (χ2n) is 7.85. The summed E-state index contributed by atoms with van der Waals surface area (Å²) in [4.78, 5) is 15.5. The number of aromatic nitrogens is 1. The van der Waals surface area contributed by atoms with Gasteiger partial charge in [0.25, 0.3) is 0 Å². The van der Waals surface area contributed by atoms with E-state index in [0.717, 1.165) is 36.3 Å². The van der Waals surface area contributed by atoms with E-state index < -0.39 is 0 Å². The first-order valence-corrected chi connectivity index (χ1v) is 11.3. The summed E-state index contributed by atoms with van der Waals surface area (Å²) in [5, 5.41) is 11.1. The van der Waals surface area contributed by atoms with Gasteiger partial charge in [0.1, 0.15) is 5.75 Å². The topological polar surface area (TPSA) is 54.7 Å². The maximum atomic E-state index is 13.1. The zero-order chi connectivity index (χ0) is 21.3. The highest BCUT2D eigenvalue weighted by Crippen LogP contribution is 2.37. The molecule has 1 N–H and O–H groups in total. The number of nitrogens with zero attached hydrogens (tertiary/aromatic N) is 2. The van der Waals surface area contributed by atoms with Crippen LogP contribution in [0, 0.1) is 0 Å². The Balaban J connectivity index is 1.99. The van der Waals surface area contributed by atoms with Gasteiger partial charge in [-0.15, -0.1) is 0 Å². The molecule has 1 fully saturated rings. The molecule has 1 aliphatic rings. The molecule has 0 radical (unpaired) electrons. The summed E-state index contributed by atoms with van der Waals surface area (Å²) in [5.74, 6) is -0.241. The first kappa shape index (κ1) is 20.9. The summed E-state index contributed by atoms with van der Waals surface area (Å²) in [5.41, 5.74) is 3.29. The summed E-state index contributed by atoms with van der Waals surface area (Å²) >= 11 is 3.44. The zero-order valence-corrected chi connectivity index (χ0v) is 19.0. The number of likely N-dealkylation sites (tertiary alicyclic amines) is 1. The van der Waals surface area contributed by atoms with Crippen LogP contribution in [0.3, 0.4) is 0 Å². The standard InChI is InChI=1S/C24H27BrN2O3/c1-3-30-24(29)23-18-13-22(28)19(25)14-20(18)27(17-10-5-4-6-11-17)21(23)15-26-12-8-7-9-16(26)2/h4-6,10-11,13-14,16,28H,3,7-9,12,15H2,1-2H3. The number of carbonyl (C=O) groups excluding carboxylic acids is 1. The molecule has 0 saturated carbocycles. The Morgan fingerprint density at radius 1 is 1.23 bits per heavy atom. The fourth-order valence-electron chi connectivity index (χ4n) is 4.39. The molecule has 1 unspecified atom stereocenters. The lowest BCUT2D eigenvalue weighted by Crippen LogP contribution is -2.37. The van der Waals surface area contributed by atoms with Crippen molar-refractivity contribution in [1.29, 1.82) is 0 Å². The van der Waals surface area contributed by atoms with E-state index in [0.29, 0.717) is 34.6 Å². The Bertz CT molecular complexity index is 1060. The van der Waals surface area contributed by atoms with Crippen molar-refractivity contribution in [2.24, 2.45) is 0 Å². The first-order valence-electron chi connectivity index (χ1n) is 10.5. The molecule has 0 bridgehead atoms. The van der Waals surface area contributed by atoms with Crippen LogP contribution in [-0.2, 0) is 11.3 Å². The minimum atomic E-state index is -0.349. The number of esters is 1. The monoisotopic (exact) mass is 470 g/mol. The Kier molecular flexibility index (Phi) is 6.16. The van der Waals surface area contributed by atoms with E-state index in [1.807, 2.05) is 43.3 Å². The molecule has 0 aliphatic carbocycles. The first-order chi connectivity index (χ1) is 14.5. The van der Waals surface area contributed by atoms with Crippen LogP contribution in [0.4, 0.5) is 0 Å². The van der Waals surface area contributed by atoms with Gasteiger partial charge in [-0.3, -0.25) is 4.90 Å². The average Bonchev–Trinajstić information content (AvgIpc) is 3.03. The van der Waals surface area contributed by atoms with Crippen LogP contribution in [0.1, 0.15) is 49.2 Å². The second-order valence-corrected chi connectivity index (χ2v) is 8.70. The maximum Gasteiger partial charge on any atom is 0.340 e. The number of fused-ring (bicyclic) bond motifs is 1. The normalized spacial score (nSPS) is 17.4. The van der Waals surface area contributed by atoms with Gasteiger partial charge < -0.3 is 14.4 Å². The van der Waals surface area contributed by atoms with E-state index in [9.17, 15) is 9.90 Å². The molecule has 4 rings (SSSR count). The van der Waals surface area contributed by atoms with Gasteiger partial charge >= 0.3 is 5.97 Å². The van der Waals surface area contributed by atoms with E-state index in [4.69, 9.17) is 4.74 Å². The summed E-state index contributed by atoms with van der Waals surface area (Å²) in [6.07, 6.45) is 3.56. The third-order valence-electron chi connectivity index (χ3n) is 5.92. The molecule has 1 aliphatic heterocycles. The van der Waals surface area contributed by atoms with E-state index in [1.165, 1.54) is 6.42 Å². The van der Waals surface area contributed by atoms with Crippen LogP contribution >= 0.6 is 15.9 Å². The highest BCUT2D eigenvalue weighted by molar-refractivity contribution is 9.10. The summed E-state index contributed by atoms with van der Waals surface area (Å²) < 4.78 is 8.18. The van der Waals surface area contributed by atoms with Crippen molar-refractivity contribution in [1.82, 2.24) is 9.47 Å². The fraction of sp³-hybridized carbons (Fsp3) is 0.375. The number of phenolic OH excluding ortho intramolecular Hbond substituents is 1. The van der Waals surface area contributed by atoms with Crippen molar-refractivity contribution in [3.05, 3.63) is 58.2 Å². The molecular weight excluding hydrogens is 444 g/mol. The number of phenols is 1. The van der Waals surface area contributed by atoms with Crippen molar-refractivity contribution in [3.63, 3.8) is 0 Å². The molecule has 2 heterocycles. The van der Waals surface area contributed by atoms with Gasteiger partial charge in [0, 0.05) is 23.7 Å². The molecular formula is C24H27BrN2O3. The van der Waals surface area contributed by atoms with E-state index >= 15 is 0 Å². The minimum Gasteiger partial charge on any atom is -0.507 e. The zero-order valence-electron chi connectivity index (χ0n) is 17.4. The highest BCUT2D eigenvalue weighted by atomic mass is 79.9. The number of benzene rings is 2. The number of piperidine rings is 1. The summed E-state index contributed by atoms with van der Waals surface area (Å²) in [7, 11) is 0.